The molecule has 0 saturated carbocycles. The number of nitrogens with one attached hydrogen (secondary N) is 1. The van der Waals surface area contributed by atoms with Crippen LogP contribution in [0, 0.1) is 12.7 Å². The van der Waals surface area contributed by atoms with E-state index in [0.29, 0.717) is 38.2 Å². The lowest BCUT2D eigenvalue weighted by Crippen LogP contribution is -2.69. The van der Waals surface area contributed by atoms with Gasteiger partial charge < -0.3 is 10.2 Å². The molecule has 0 bridgehead atoms. The van der Waals surface area contributed by atoms with Gasteiger partial charge in [-0.2, -0.15) is 0 Å². The first-order valence-electron chi connectivity index (χ1n) is 8.58. The molecule has 24 heavy (non-hydrogen) atoms. The quantitative estimate of drug-likeness (QED) is 0.907. The molecule has 2 aliphatic rings. The van der Waals surface area contributed by atoms with Crippen molar-refractivity contribution in [3.63, 3.8) is 0 Å². The zero-order valence-electron chi connectivity index (χ0n) is 14.2. The molecule has 1 aromatic carbocycles. The van der Waals surface area contributed by atoms with Gasteiger partial charge in [0.05, 0.1) is 0 Å². The highest BCUT2D eigenvalue weighted by Crippen LogP contribution is 2.20. The van der Waals surface area contributed by atoms with Crippen molar-refractivity contribution in [2.75, 3.05) is 19.6 Å². The first kappa shape index (κ1) is 16.9. The number of piperazine rings is 2. The van der Waals surface area contributed by atoms with E-state index in [4.69, 9.17) is 0 Å². The van der Waals surface area contributed by atoms with Crippen molar-refractivity contribution in [2.24, 2.45) is 0 Å². The minimum atomic E-state index is -0.466. The van der Waals surface area contributed by atoms with E-state index < -0.39 is 6.04 Å². The summed E-state index contributed by atoms with van der Waals surface area (Å²) in [4.78, 5) is 28.6. The molecule has 0 aliphatic carbocycles. The molecule has 2 aliphatic heterocycles. The first-order chi connectivity index (χ1) is 11.5. The lowest BCUT2D eigenvalue weighted by Gasteiger charge is -2.45. The Hall–Kier alpha value is -1.95. The molecule has 130 valence electrons. The fourth-order valence-corrected chi connectivity index (χ4v) is 3.55. The van der Waals surface area contributed by atoms with Crippen LogP contribution in [0.15, 0.2) is 18.2 Å². The number of amides is 2. The Kier molecular flexibility index (Phi) is 4.85. The number of hydrogen-bond donors (Lipinski definition) is 1. The summed E-state index contributed by atoms with van der Waals surface area (Å²) in [5, 5.41) is 2.84. The number of benzene rings is 1. The Morgan fingerprint density at radius 1 is 1.29 bits per heavy atom. The number of hydrogen-bond acceptors (Lipinski definition) is 3. The highest BCUT2D eigenvalue weighted by atomic mass is 19.1. The summed E-state index contributed by atoms with van der Waals surface area (Å²) in [6.45, 7) is 6.01. The minimum absolute atomic E-state index is 0.0165. The summed E-state index contributed by atoms with van der Waals surface area (Å²) < 4.78 is 14.0. The monoisotopic (exact) mass is 333 g/mol. The van der Waals surface area contributed by atoms with E-state index in [1.807, 2.05) is 24.8 Å². The summed E-state index contributed by atoms with van der Waals surface area (Å²) >= 11 is 0. The fourth-order valence-electron chi connectivity index (χ4n) is 3.55. The minimum Gasteiger partial charge on any atom is -0.342 e. The third kappa shape index (κ3) is 3.29. The van der Waals surface area contributed by atoms with E-state index in [-0.39, 0.29) is 23.7 Å². The fraction of sp³-hybridized carbons (Fsp3) is 0.556. The van der Waals surface area contributed by atoms with E-state index in [9.17, 15) is 14.0 Å². The van der Waals surface area contributed by atoms with Crippen LogP contribution < -0.4 is 5.32 Å². The Bertz CT molecular complexity index is 649. The predicted octanol–water partition coefficient (Wildman–Crippen LogP) is 1.45. The van der Waals surface area contributed by atoms with Gasteiger partial charge in [0, 0.05) is 31.7 Å². The van der Waals surface area contributed by atoms with Crippen LogP contribution in [0.4, 0.5) is 4.39 Å². The molecular weight excluding hydrogens is 309 g/mol. The van der Waals surface area contributed by atoms with Crippen LogP contribution in [-0.4, -0.2) is 53.3 Å². The summed E-state index contributed by atoms with van der Waals surface area (Å²) in [5.74, 6) is -0.305. The topological polar surface area (TPSA) is 52.7 Å². The average molecular weight is 333 g/mol. The SMILES string of the molecule is CCC[C@@H]1NC(=O)[C@H]2CN(Cc3cc(C)ccc3F)CCN2C1=O. The third-order valence-corrected chi connectivity index (χ3v) is 4.84. The predicted molar refractivity (Wildman–Crippen MR) is 88.8 cm³/mol. The molecule has 0 radical (unpaired) electrons. The van der Waals surface area contributed by atoms with Crippen molar-refractivity contribution in [3.05, 3.63) is 35.1 Å². The Balaban J connectivity index is 1.69. The molecule has 1 N–H and O–H groups in total. The average Bonchev–Trinajstić information content (AvgIpc) is 2.56. The number of rotatable bonds is 4. The number of nitrogens with zero attached hydrogens (tertiary/aromatic N) is 2. The molecule has 3 rings (SSSR count). The zero-order valence-corrected chi connectivity index (χ0v) is 14.2. The van der Waals surface area contributed by atoms with Crippen LogP contribution in [0.5, 0.6) is 0 Å². The van der Waals surface area contributed by atoms with Crippen LogP contribution in [0.3, 0.4) is 0 Å². The maximum atomic E-state index is 14.0. The summed E-state index contributed by atoms with van der Waals surface area (Å²) in [7, 11) is 0. The van der Waals surface area contributed by atoms with Gasteiger partial charge in [0.2, 0.25) is 11.8 Å². The van der Waals surface area contributed by atoms with Crippen LogP contribution in [0.25, 0.3) is 0 Å². The Morgan fingerprint density at radius 2 is 2.08 bits per heavy atom. The Morgan fingerprint density at radius 3 is 2.83 bits per heavy atom. The van der Waals surface area contributed by atoms with E-state index in [1.165, 1.54) is 6.07 Å². The van der Waals surface area contributed by atoms with Gasteiger partial charge in [-0.05, 0) is 19.4 Å². The van der Waals surface area contributed by atoms with Gasteiger partial charge in [-0.15, -0.1) is 0 Å². The highest BCUT2D eigenvalue weighted by molar-refractivity contribution is 5.97. The smallest absolute Gasteiger partial charge is 0.245 e. The summed E-state index contributed by atoms with van der Waals surface area (Å²) in [5.41, 5.74) is 1.65. The van der Waals surface area contributed by atoms with Gasteiger partial charge in [0.15, 0.2) is 0 Å². The molecule has 0 unspecified atom stereocenters. The molecule has 1 aromatic rings. The van der Waals surface area contributed by atoms with Crippen LogP contribution >= 0.6 is 0 Å². The largest absolute Gasteiger partial charge is 0.342 e. The molecule has 0 aromatic heterocycles. The van der Waals surface area contributed by atoms with E-state index in [1.54, 1.807) is 11.0 Å². The second kappa shape index (κ2) is 6.89. The van der Waals surface area contributed by atoms with Crippen molar-refractivity contribution < 1.29 is 14.0 Å². The normalized spacial score (nSPS) is 24.7. The molecule has 2 saturated heterocycles. The van der Waals surface area contributed by atoms with Gasteiger partial charge in [-0.25, -0.2) is 4.39 Å². The summed E-state index contributed by atoms with van der Waals surface area (Å²) in [6.07, 6.45) is 1.53. The Labute approximate surface area is 141 Å². The molecule has 6 heteroatoms. The second-order valence-electron chi connectivity index (χ2n) is 6.73. The van der Waals surface area contributed by atoms with Gasteiger partial charge in [-0.1, -0.05) is 31.0 Å². The van der Waals surface area contributed by atoms with E-state index in [0.717, 1.165) is 12.0 Å². The maximum absolute atomic E-state index is 14.0. The van der Waals surface area contributed by atoms with Crippen molar-refractivity contribution in [1.82, 2.24) is 15.1 Å². The van der Waals surface area contributed by atoms with Crippen molar-refractivity contribution in [1.29, 1.82) is 0 Å². The van der Waals surface area contributed by atoms with Gasteiger partial charge in [0.25, 0.3) is 0 Å². The maximum Gasteiger partial charge on any atom is 0.245 e. The molecule has 0 spiro atoms. The van der Waals surface area contributed by atoms with Gasteiger partial charge in [0.1, 0.15) is 17.9 Å². The standard InChI is InChI=1S/C18H24FN3O2/c1-3-4-15-18(24)22-8-7-21(11-16(22)17(23)20-15)10-13-9-12(2)5-6-14(13)19/h5-6,9,15-16H,3-4,7-8,10-11H2,1-2H3,(H,20,23)/t15-,16+/m0/s1. The van der Waals surface area contributed by atoms with Crippen molar-refractivity contribution in [2.45, 2.75) is 45.3 Å². The van der Waals surface area contributed by atoms with Crippen molar-refractivity contribution >= 4 is 11.8 Å². The zero-order chi connectivity index (χ0) is 17.3. The lowest BCUT2D eigenvalue weighted by molar-refractivity contribution is -0.153. The number of halogens is 1. The summed E-state index contributed by atoms with van der Waals surface area (Å²) in [6, 6.07) is 4.21. The van der Waals surface area contributed by atoms with Crippen LogP contribution in [0.2, 0.25) is 0 Å². The van der Waals surface area contributed by atoms with Gasteiger partial charge in [-0.3, -0.25) is 14.5 Å². The first-order valence-corrected chi connectivity index (χ1v) is 8.58. The third-order valence-electron chi connectivity index (χ3n) is 4.84. The highest BCUT2D eigenvalue weighted by Gasteiger charge is 2.42. The molecule has 2 amide bonds. The molecule has 2 atom stereocenters. The number of carbonyl (C=O) groups excluding carboxylic acids is 2. The lowest BCUT2D eigenvalue weighted by atomic mass is 10.0. The number of fused-ring (bicyclic) bond motifs is 1. The molecule has 2 fully saturated rings. The molecule has 5 nitrogen and oxygen atoms in total. The van der Waals surface area contributed by atoms with Crippen LogP contribution in [-0.2, 0) is 16.1 Å². The number of carbonyl (C=O) groups is 2. The molecule has 2 heterocycles. The van der Waals surface area contributed by atoms with Crippen LogP contribution in [0.1, 0.15) is 30.9 Å². The van der Waals surface area contributed by atoms with Crippen molar-refractivity contribution in [3.8, 4) is 0 Å². The molecular formula is C18H24FN3O2. The van der Waals surface area contributed by atoms with Gasteiger partial charge >= 0.3 is 0 Å². The second-order valence-corrected chi connectivity index (χ2v) is 6.73. The van der Waals surface area contributed by atoms with E-state index >= 15 is 0 Å². The number of aryl methyl sites for hydroxylation is 1. The van der Waals surface area contributed by atoms with E-state index in [2.05, 4.69) is 5.32 Å².